The third-order valence-corrected chi connectivity index (χ3v) is 0.607. The van der Waals surface area contributed by atoms with E-state index in [9.17, 15) is 14.9 Å². The van der Waals surface area contributed by atoms with Gasteiger partial charge in [0.1, 0.15) is 0 Å². The van der Waals surface area contributed by atoms with E-state index in [0.717, 1.165) is 0 Å². The lowest BCUT2D eigenvalue weighted by molar-refractivity contribution is -0.468. The fraction of sp³-hybridized carbons (Fsp3) is 0.400. The molecule has 0 aliphatic rings. The molecule has 50 valence electrons. The van der Waals surface area contributed by atoms with Crippen molar-refractivity contribution < 1.29 is 9.72 Å². The second kappa shape index (κ2) is 3.77. The van der Waals surface area contributed by atoms with Crippen LogP contribution in [0.1, 0.15) is 6.92 Å². The Morgan fingerprint density at radius 2 is 2.33 bits per heavy atom. The van der Waals surface area contributed by atoms with Crippen molar-refractivity contribution in [3.63, 3.8) is 0 Å². The normalized spacial score (nSPS) is 9.89. The van der Waals surface area contributed by atoms with Gasteiger partial charge in [0.15, 0.2) is 5.78 Å². The monoisotopic (exact) mass is 129 g/mol. The van der Waals surface area contributed by atoms with Crippen molar-refractivity contribution in [3.05, 3.63) is 22.3 Å². The number of nitro groups is 1. The average molecular weight is 129 g/mol. The van der Waals surface area contributed by atoms with Crippen LogP contribution >= 0.6 is 0 Å². The molecule has 0 heterocycles. The minimum Gasteiger partial charge on any atom is -0.295 e. The summed E-state index contributed by atoms with van der Waals surface area (Å²) in [5.41, 5.74) is 0. The first-order chi connectivity index (χ1) is 4.13. The van der Waals surface area contributed by atoms with Crippen LogP contribution in [0.5, 0.6) is 0 Å². The first-order valence-electron chi connectivity index (χ1n) is 2.42. The molecule has 0 radical (unpaired) electrons. The van der Waals surface area contributed by atoms with E-state index >= 15 is 0 Å². The highest BCUT2D eigenvalue weighted by molar-refractivity contribution is 5.87. The summed E-state index contributed by atoms with van der Waals surface area (Å²) in [6, 6.07) is 0. The molecule has 9 heavy (non-hydrogen) atoms. The third kappa shape index (κ3) is 6.81. The summed E-state index contributed by atoms with van der Waals surface area (Å²) in [7, 11) is 0. The molecule has 0 aliphatic carbocycles. The second-order valence-electron chi connectivity index (χ2n) is 1.53. The van der Waals surface area contributed by atoms with Crippen molar-refractivity contribution in [2.45, 2.75) is 6.92 Å². The van der Waals surface area contributed by atoms with Gasteiger partial charge < -0.3 is 0 Å². The van der Waals surface area contributed by atoms with Crippen LogP contribution in [-0.4, -0.2) is 17.3 Å². The first-order valence-corrected chi connectivity index (χ1v) is 2.42. The molecular formula is C5H7NO3. The van der Waals surface area contributed by atoms with Crippen LogP contribution in [0.15, 0.2) is 12.2 Å². The van der Waals surface area contributed by atoms with Gasteiger partial charge in [-0.2, -0.15) is 0 Å². The largest absolute Gasteiger partial charge is 0.295 e. The van der Waals surface area contributed by atoms with Crippen LogP contribution in [0.3, 0.4) is 0 Å². The Labute approximate surface area is 52.3 Å². The Kier molecular flexibility index (Phi) is 3.27. The van der Waals surface area contributed by atoms with Gasteiger partial charge in [-0.05, 0) is 19.1 Å². The number of nitrogens with zero attached hydrogens (tertiary/aromatic N) is 1. The van der Waals surface area contributed by atoms with Gasteiger partial charge in [0, 0.05) is 4.92 Å². The van der Waals surface area contributed by atoms with Gasteiger partial charge in [0.2, 0.25) is 6.54 Å². The molecule has 0 unspecified atom stereocenters. The minimum absolute atomic E-state index is 0.170. The Bertz CT molecular complexity index is 150. The van der Waals surface area contributed by atoms with Crippen molar-refractivity contribution in [2.75, 3.05) is 6.54 Å². The Balaban J connectivity index is 3.48. The number of ketones is 1. The molecule has 0 rings (SSSR count). The highest BCUT2D eigenvalue weighted by Crippen LogP contribution is 1.75. The topological polar surface area (TPSA) is 60.2 Å². The van der Waals surface area contributed by atoms with E-state index in [1.807, 2.05) is 0 Å². The van der Waals surface area contributed by atoms with Gasteiger partial charge >= 0.3 is 0 Å². The van der Waals surface area contributed by atoms with Crippen molar-refractivity contribution in [1.29, 1.82) is 0 Å². The van der Waals surface area contributed by atoms with E-state index < -0.39 is 4.92 Å². The van der Waals surface area contributed by atoms with Crippen molar-refractivity contribution in [1.82, 2.24) is 0 Å². The highest BCUT2D eigenvalue weighted by atomic mass is 16.6. The zero-order valence-electron chi connectivity index (χ0n) is 5.03. The summed E-state index contributed by atoms with van der Waals surface area (Å²) in [4.78, 5) is 19.2. The van der Waals surface area contributed by atoms with Gasteiger partial charge in [-0.3, -0.25) is 14.9 Å². The Morgan fingerprint density at radius 3 is 2.67 bits per heavy atom. The van der Waals surface area contributed by atoms with Crippen LogP contribution in [0.25, 0.3) is 0 Å². The molecule has 0 amide bonds. The summed E-state index contributed by atoms with van der Waals surface area (Å²) in [6.45, 7) is 1.07. The van der Waals surface area contributed by atoms with Crippen molar-refractivity contribution in [3.8, 4) is 0 Å². The molecular weight excluding hydrogens is 122 g/mol. The maximum Gasteiger partial charge on any atom is 0.222 e. The van der Waals surface area contributed by atoms with E-state index in [1.165, 1.54) is 19.1 Å². The van der Waals surface area contributed by atoms with Gasteiger partial charge in [-0.25, -0.2) is 0 Å². The zero-order valence-corrected chi connectivity index (χ0v) is 5.03. The van der Waals surface area contributed by atoms with Crippen LogP contribution in [0, 0.1) is 10.1 Å². The van der Waals surface area contributed by atoms with Crippen molar-refractivity contribution >= 4 is 5.78 Å². The quantitative estimate of drug-likeness (QED) is 0.315. The molecule has 4 heteroatoms. The minimum atomic E-state index is -0.501. The van der Waals surface area contributed by atoms with E-state index in [-0.39, 0.29) is 12.3 Å². The van der Waals surface area contributed by atoms with E-state index in [4.69, 9.17) is 0 Å². The summed E-state index contributed by atoms with van der Waals surface area (Å²) in [6.07, 6.45) is 2.41. The molecule has 0 aromatic heterocycles. The molecule has 0 fully saturated rings. The number of rotatable bonds is 3. The Morgan fingerprint density at radius 1 is 1.78 bits per heavy atom. The average Bonchev–Trinajstić information content (AvgIpc) is 1.63. The SMILES string of the molecule is CC(=O)C=CC[N+](=O)[O-]. The Hall–Kier alpha value is -1.19. The first kappa shape index (κ1) is 7.81. The molecule has 0 aromatic carbocycles. The number of carbonyl (C=O) groups excluding carboxylic acids is 1. The molecule has 0 aliphatic heterocycles. The van der Waals surface area contributed by atoms with Gasteiger partial charge in [0.25, 0.3) is 0 Å². The number of hydrogen-bond acceptors (Lipinski definition) is 3. The maximum atomic E-state index is 10.1. The number of allylic oxidation sites excluding steroid dienone is 1. The van der Waals surface area contributed by atoms with E-state index in [0.29, 0.717) is 0 Å². The molecule has 0 aromatic rings. The fourth-order valence-corrected chi connectivity index (χ4v) is 0.305. The van der Waals surface area contributed by atoms with Crippen molar-refractivity contribution in [2.24, 2.45) is 0 Å². The fourth-order valence-electron chi connectivity index (χ4n) is 0.305. The highest BCUT2D eigenvalue weighted by Gasteiger charge is 1.88. The van der Waals surface area contributed by atoms with Gasteiger partial charge in [0.05, 0.1) is 0 Å². The second-order valence-corrected chi connectivity index (χ2v) is 1.53. The van der Waals surface area contributed by atoms with Crippen LogP contribution in [0.2, 0.25) is 0 Å². The van der Waals surface area contributed by atoms with E-state index in [1.54, 1.807) is 0 Å². The number of carbonyl (C=O) groups is 1. The maximum absolute atomic E-state index is 10.1. The summed E-state index contributed by atoms with van der Waals surface area (Å²) >= 11 is 0. The lowest BCUT2D eigenvalue weighted by Gasteiger charge is -1.80. The molecule has 0 atom stereocenters. The lowest BCUT2D eigenvalue weighted by Crippen LogP contribution is -1.96. The summed E-state index contributed by atoms with van der Waals surface area (Å²) < 4.78 is 0. The molecule has 0 bridgehead atoms. The molecule has 0 saturated carbocycles. The number of hydrogen-bond donors (Lipinski definition) is 0. The summed E-state index contributed by atoms with van der Waals surface area (Å²) in [5, 5.41) is 9.62. The predicted octanol–water partition coefficient (Wildman–Crippen LogP) is 0.408. The van der Waals surface area contributed by atoms with Crippen LogP contribution in [0.4, 0.5) is 0 Å². The molecule has 0 spiro atoms. The van der Waals surface area contributed by atoms with E-state index in [2.05, 4.69) is 0 Å². The van der Waals surface area contributed by atoms with Gasteiger partial charge in [-0.1, -0.05) is 0 Å². The smallest absolute Gasteiger partial charge is 0.222 e. The van der Waals surface area contributed by atoms with Crippen LogP contribution < -0.4 is 0 Å². The van der Waals surface area contributed by atoms with Gasteiger partial charge in [-0.15, -0.1) is 0 Å². The molecule has 4 nitrogen and oxygen atoms in total. The zero-order chi connectivity index (χ0) is 7.28. The van der Waals surface area contributed by atoms with Crippen LogP contribution in [-0.2, 0) is 4.79 Å². The third-order valence-electron chi connectivity index (χ3n) is 0.607. The summed E-state index contributed by atoms with van der Waals surface area (Å²) in [5.74, 6) is -0.170. The standard InChI is InChI=1S/C5H7NO3/c1-5(7)3-2-4-6(8)9/h2-3H,4H2,1H3. The predicted molar refractivity (Wildman–Crippen MR) is 31.7 cm³/mol. The lowest BCUT2D eigenvalue weighted by atomic mass is 10.4. The molecule has 0 saturated heterocycles. The molecule has 0 N–H and O–H groups in total.